The van der Waals surface area contributed by atoms with Crippen molar-refractivity contribution in [1.82, 2.24) is 0 Å². The summed E-state index contributed by atoms with van der Waals surface area (Å²) in [6, 6.07) is 0. The van der Waals surface area contributed by atoms with Gasteiger partial charge in [-0.2, -0.15) is 0 Å². The first-order chi connectivity index (χ1) is 6.59. The predicted molar refractivity (Wildman–Crippen MR) is 66.5 cm³/mol. The predicted octanol–water partition coefficient (Wildman–Crippen LogP) is 3.65. The third kappa shape index (κ3) is 3.51. The van der Waals surface area contributed by atoms with Gasteiger partial charge in [0, 0.05) is 0 Å². The van der Waals surface area contributed by atoms with Crippen LogP contribution in [0.1, 0.15) is 40.0 Å². The normalized spacial score (nSPS) is 31.4. The smallest absolute Gasteiger partial charge is 0.164 e. The molecule has 0 aromatic heterocycles. The summed E-state index contributed by atoms with van der Waals surface area (Å²) in [6.07, 6.45) is 5.95. The molecule has 2 unspecified atom stereocenters. The highest BCUT2D eigenvalue weighted by atomic mass is 127. The van der Waals surface area contributed by atoms with Crippen LogP contribution in [-0.2, 0) is 9.47 Å². The largest absolute Gasteiger partial charge is 0.344 e. The second kappa shape index (κ2) is 5.47. The minimum absolute atomic E-state index is 0.133. The molecule has 1 aliphatic heterocycles. The molecule has 1 fully saturated rings. The maximum absolute atomic E-state index is 5.84. The Labute approximate surface area is 100 Å². The van der Waals surface area contributed by atoms with Crippen LogP contribution in [0.4, 0.5) is 0 Å². The SMILES string of the molecule is CCCCC1OC(C)(C)OC1/C=C/I. The van der Waals surface area contributed by atoms with E-state index >= 15 is 0 Å². The highest BCUT2D eigenvalue weighted by Crippen LogP contribution is 2.31. The standard InChI is InChI=1S/C11H19IO2/c1-4-5-6-9-10(7-8-12)14-11(2,3)13-9/h7-10H,4-6H2,1-3H3/b8-7+. The van der Waals surface area contributed by atoms with E-state index in [2.05, 4.69) is 35.6 Å². The summed E-state index contributed by atoms with van der Waals surface area (Å²) in [5, 5.41) is 0. The van der Waals surface area contributed by atoms with Crippen molar-refractivity contribution in [3.05, 3.63) is 10.2 Å². The van der Waals surface area contributed by atoms with Crippen molar-refractivity contribution in [3.8, 4) is 0 Å². The van der Waals surface area contributed by atoms with Crippen LogP contribution >= 0.6 is 22.6 Å². The highest BCUT2D eigenvalue weighted by molar-refractivity contribution is 14.1. The zero-order valence-electron chi connectivity index (χ0n) is 9.13. The lowest BCUT2D eigenvalue weighted by molar-refractivity contribution is -0.143. The zero-order chi connectivity index (χ0) is 10.6. The first kappa shape index (κ1) is 12.5. The van der Waals surface area contributed by atoms with Gasteiger partial charge in [0.25, 0.3) is 0 Å². The molecule has 0 bridgehead atoms. The summed E-state index contributed by atoms with van der Waals surface area (Å²) in [4.78, 5) is 0. The molecule has 0 aromatic carbocycles. The van der Waals surface area contributed by atoms with Crippen LogP contribution in [0.3, 0.4) is 0 Å². The van der Waals surface area contributed by atoms with Crippen LogP contribution in [-0.4, -0.2) is 18.0 Å². The number of unbranched alkanes of at least 4 members (excludes halogenated alkanes) is 1. The van der Waals surface area contributed by atoms with E-state index in [0.717, 1.165) is 6.42 Å². The molecule has 0 saturated carbocycles. The van der Waals surface area contributed by atoms with Gasteiger partial charge in [0.1, 0.15) is 6.10 Å². The van der Waals surface area contributed by atoms with Gasteiger partial charge in [-0.15, -0.1) is 0 Å². The van der Waals surface area contributed by atoms with Gasteiger partial charge in [-0.25, -0.2) is 0 Å². The minimum atomic E-state index is -0.417. The lowest BCUT2D eigenvalue weighted by Gasteiger charge is -2.16. The minimum Gasteiger partial charge on any atom is -0.344 e. The van der Waals surface area contributed by atoms with Crippen LogP contribution in [0.2, 0.25) is 0 Å². The Kier molecular flexibility index (Phi) is 4.87. The molecule has 0 aliphatic carbocycles. The molecule has 1 rings (SSSR count). The van der Waals surface area contributed by atoms with Crippen LogP contribution in [0, 0.1) is 0 Å². The summed E-state index contributed by atoms with van der Waals surface area (Å²) in [6.45, 7) is 6.16. The molecule has 3 heteroatoms. The summed E-state index contributed by atoms with van der Waals surface area (Å²) in [7, 11) is 0. The fourth-order valence-corrected chi connectivity index (χ4v) is 2.14. The van der Waals surface area contributed by atoms with Crippen molar-refractivity contribution in [3.63, 3.8) is 0 Å². The van der Waals surface area contributed by atoms with Gasteiger partial charge in [0.2, 0.25) is 0 Å². The summed E-state index contributed by atoms with van der Waals surface area (Å²) in [5.74, 6) is -0.417. The molecule has 1 aliphatic rings. The lowest BCUT2D eigenvalue weighted by Crippen LogP contribution is -2.21. The quantitative estimate of drug-likeness (QED) is 0.738. The number of rotatable bonds is 4. The summed E-state index contributed by atoms with van der Waals surface area (Å²) >= 11 is 2.22. The van der Waals surface area contributed by atoms with Gasteiger partial charge < -0.3 is 9.47 Å². The zero-order valence-corrected chi connectivity index (χ0v) is 11.3. The van der Waals surface area contributed by atoms with E-state index in [1.807, 2.05) is 17.9 Å². The van der Waals surface area contributed by atoms with E-state index in [9.17, 15) is 0 Å². The topological polar surface area (TPSA) is 18.5 Å². The average Bonchev–Trinajstić information content (AvgIpc) is 2.38. The Morgan fingerprint density at radius 1 is 1.36 bits per heavy atom. The van der Waals surface area contributed by atoms with Crippen molar-refractivity contribution in [1.29, 1.82) is 0 Å². The van der Waals surface area contributed by atoms with E-state index in [1.165, 1.54) is 12.8 Å². The van der Waals surface area contributed by atoms with E-state index in [1.54, 1.807) is 0 Å². The van der Waals surface area contributed by atoms with E-state index in [-0.39, 0.29) is 12.2 Å². The third-order valence-electron chi connectivity index (χ3n) is 2.33. The molecule has 0 radical (unpaired) electrons. The maximum atomic E-state index is 5.84. The monoisotopic (exact) mass is 310 g/mol. The van der Waals surface area contributed by atoms with Crippen molar-refractivity contribution in [2.24, 2.45) is 0 Å². The van der Waals surface area contributed by atoms with Crippen molar-refractivity contribution >= 4 is 22.6 Å². The first-order valence-corrected chi connectivity index (χ1v) is 6.46. The van der Waals surface area contributed by atoms with Crippen molar-refractivity contribution < 1.29 is 9.47 Å². The molecule has 2 nitrogen and oxygen atoms in total. The lowest BCUT2D eigenvalue weighted by atomic mass is 10.1. The molecular weight excluding hydrogens is 291 g/mol. The van der Waals surface area contributed by atoms with Gasteiger partial charge in [-0.05, 0) is 30.4 Å². The molecular formula is C11H19IO2. The van der Waals surface area contributed by atoms with E-state index < -0.39 is 5.79 Å². The third-order valence-corrected chi connectivity index (χ3v) is 2.74. The Hall–Kier alpha value is 0.390. The summed E-state index contributed by atoms with van der Waals surface area (Å²) in [5.41, 5.74) is 0. The first-order valence-electron chi connectivity index (χ1n) is 5.21. The Bertz CT molecular complexity index is 201. The Morgan fingerprint density at radius 3 is 2.64 bits per heavy atom. The fraction of sp³-hybridized carbons (Fsp3) is 0.818. The van der Waals surface area contributed by atoms with Crippen LogP contribution < -0.4 is 0 Å². The van der Waals surface area contributed by atoms with E-state index in [4.69, 9.17) is 9.47 Å². The Morgan fingerprint density at radius 2 is 2.07 bits per heavy atom. The van der Waals surface area contributed by atoms with Gasteiger partial charge in [0.15, 0.2) is 5.79 Å². The maximum Gasteiger partial charge on any atom is 0.164 e. The van der Waals surface area contributed by atoms with E-state index in [0.29, 0.717) is 0 Å². The summed E-state index contributed by atoms with van der Waals surface area (Å²) < 4.78 is 13.6. The molecule has 1 heterocycles. The number of halogens is 1. The number of hydrogen-bond acceptors (Lipinski definition) is 2. The van der Waals surface area contributed by atoms with Gasteiger partial charge >= 0.3 is 0 Å². The number of hydrogen-bond donors (Lipinski definition) is 0. The molecule has 14 heavy (non-hydrogen) atoms. The van der Waals surface area contributed by atoms with Crippen LogP contribution in [0.25, 0.3) is 0 Å². The molecule has 0 amide bonds. The van der Waals surface area contributed by atoms with Gasteiger partial charge in [0.05, 0.1) is 6.10 Å². The molecule has 2 atom stereocenters. The van der Waals surface area contributed by atoms with Crippen LogP contribution in [0.5, 0.6) is 0 Å². The molecule has 82 valence electrons. The van der Waals surface area contributed by atoms with Crippen LogP contribution in [0.15, 0.2) is 10.2 Å². The fourth-order valence-electron chi connectivity index (χ4n) is 1.73. The molecule has 0 spiro atoms. The van der Waals surface area contributed by atoms with Gasteiger partial charge in [-0.1, -0.05) is 42.4 Å². The second-order valence-corrected chi connectivity index (χ2v) is 4.82. The molecule has 0 N–H and O–H groups in total. The molecule has 1 saturated heterocycles. The highest BCUT2D eigenvalue weighted by Gasteiger charge is 2.39. The van der Waals surface area contributed by atoms with Gasteiger partial charge in [-0.3, -0.25) is 0 Å². The molecule has 0 aromatic rings. The average molecular weight is 310 g/mol. The second-order valence-electron chi connectivity index (χ2n) is 4.10. The van der Waals surface area contributed by atoms with Crippen molar-refractivity contribution in [2.45, 2.75) is 58.0 Å². The van der Waals surface area contributed by atoms with Crippen molar-refractivity contribution in [2.75, 3.05) is 0 Å². The Balaban J connectivity index is 2.53. The number of ether oxygens (including phenoxy) is 2.